The van der Waals surface area contributed by atoms with Crippen LogP contribution in [-0.4, -0.2) is 44.5 Å². The molecule has 32 heavy (non-hydrogen) atoms. The molecule has 0 bridgehead atoms. The van der Waals surface area contributed by atoms with Gasteiger partial charge in [0.2, 0.25) is 0 Å². The van der Waals surface area contributed by atoms with E-state index in [1.807, 2.05) is 12.1 Å². The second-order valence-electron chi connectivity index (χ2n) is 8.25. The van der Waals surface area contributed by atoms with Gasteiger partial charge in [-0.2, -0.15) is 0 Å². The van der Waals surface area contributed by atoms with Crippen molar-refractivity contribution in [3.05, 3.63) is 63.8 Å². The fourth-order valence-corrected chi connectivity index (χ4v) is 4.18. The first-order chi connectivity index (χ1) is 15.4. The zero-order valence-corrected chi connectivity index (χ0v) is 20.1. The summed E-state index contributed by atoms with van der Waals surface area (Å²) in [5, 5.41) is 7.66. The van der Waals surface area contributed by atoms with Crippen molar-refractivity contribution in [3.8, 4) is 0 Å². The Morgan fingerprint density at radius 1 is 1.00 bits per heavy atom. The molecule has 2 aromatic carbocycles. The zero-order chi connectivity index (χ0) is 23.3. The molecule has 0 unspecified atom stereocenters. The number of benzene rings is 2. The second kappa shape index (κ2) is 10.7. The highest BCUT2D eigenvalue weighted by Gasteiger charge is 2.18. The van der Waals surface area contributed by atoms with Crippen LogP contribution in [0.5, 0.6) is 0 Å². The first-order valence-electron chi connectivity index (χ1n) is 11.1. The van der Waals surface area contributed by atoms with E-state index in [0.29, 0.717) is 31.9 Å². The number of amides is 1. The number of aromatic nitrogens is 1. The number of nitrogens with zero attached hydrogens (tertiary/aromatic N) is 1. The average Bonchev–Trinajstić information content (AvgIpc) is 3.02. The monoisotopic (exact) mass is 437 g/mol. The van der Waals surface area contributed by atoms with Crippen LogP contribution in [0.25, 0.3) is 10.9 Å². The summed E-state index contributed by atoms with van der Waals surface area (Å²) in [4.78, 5) is 12.9. The molecule has 0 aliphatic carbocycles. The minimum Gasteiger partial charge on any atom is -0.383 e. The van der Waals surface area contributed by atoms with Crippen LogP contribution in [0, 0.1) is 27.7 Å². The summed E-state index contributed by atoms with van der Waals surface area (Å²) in [6.45, 7) is 11.5. The van der Waals surface area contributed by atoms with E-state index in [9.17, 15) is 4.79 Å². The van der Waals surface area contributed by atoms with Gasteiger partial charge in [0.05, 0.1) is 24.4 Å². The number of nitrogens with one attached hydrogen (secondary N) is 2. The molecule has 6 nitrogen and oxygen atoms in total. The number of methoxy groups -OCH3 is 2. The van der Waals surface area contributed by atoms with Gasteiger partial charge >= 0.3 is 0 Å². The molecule has 1 amide bonds. The lowest BCUT2D eigenvalue weighted by molar-refractivity contribution is 0.0937. The van der Waals surface area contributed by atoms with Gasteiger partial charge in [0, 0.05) is 50.5 Å². The van der Waals surface area contributed by atoms with Crippen LogP contribution in [-0.2, 0) is 22.6 Å². The van der Waals surface area contributed by atoms with E-state index in [0.717, 1.165) is 23.1 Å². The molecular formula is C26H35N3O3. The van der Waals surface area contributed by atoms with Gasteiger partial charge in [0.1, 0.15) is 0 Å². The van der Waals surface area contributed by atoms with Crippen LogP contribution in [0.2, 0.25) is 0 Å². The molecule has 1 heterocycles. The molecule has 6 heteroatoms. The Bertz CT molecular complexity index is 1080. The number of fused-ring (bicyclic) bond motifs is 1. The van der Waals surface area contributed by atoms with Crippen LogP contribution < -0.4 is 10.6 Å². The number of hydrogen-bond acceptors (Lipinski definition) is 4. The van der Waals surface area contributed by atoms with Crippen molar-refractivity contribution in [2.45, 2.75) is 40.8 Å². The van der Waals surface area contributed by atoms with Gasteiger partial charge < -0.3 is 24.7 Å². The Morgan fingerprint density at radius 2 is 1.69 bits per heavy atom. The topological polar surface area (TPSA) is 64.5 Å². The van der Waals surface area contributed by atoms with E-state index in [4.69, 9.17) is 9.47 Å². The van der Waals surface area contributed by atoms with E-state index in [1.54, 1.807) is 14.2 Å². The molecule has 3 aromatic rings. The van der Waals surface area contributed by atoms with Crippen LogP contribution in [0.1, 0.15) is 38.3 Å². The van der Waals surface area contributed by atoms with Crippen LogP contribution in [0.3, 0.4) is 0 Å². The van der Waals surface area contributed by atoms with Crippen molar-refractivity contribution in [2.24, 2.45) is 0 Å². The fraction of sp³-hybridized carbons (Fsp3) is 0.423. The van der Waals surface area contributed by atoms with Crippen molar-refractivity contribution < 1.29 is 14.3 Å². The third kappa shape index (κ3) is 4.97. The van der Waals surface area contributed by atoms with Crippen LogP contribution >= 0.6 is 0 Å². The maximum Gasteiger partial charge on any atom is 0.251 e. The lowest BCUT2D eigenvalue weighted by Gasteiger charge is -2.16. The number of carbonyl (C=O) groups is 1. The Hall–Kier alpha value is -2.83. The van der Waals surface area contributed by atoms with Gasteiger partial charge in [0.15, 0.2) is 0 Å². The van der Waals surface area contributed by atoms with Crippen molar-refractivity contribution in [2.75, 3.05) is 39.3 Å². The molecule has 3 rings (SSSR count). The van der Waals surface area contributed by atoms with Crippen LogP contribution in [0.15, 0.2) is 30.3 Å². The molecule has 0 saturated carbocycles. The fourth-order valence-electron chi connectivity index (χ4n) is 4.18. The summed E-state index contributed by atoms with van der Waals surface area (Å²) < 4.78 is 12.7. The molecule has 2 N–H and O–H groups in total. The second-order valence-corrected chi connectivity index (χ2v) is 8.25. The first kappa shape index (κ1) is 23.8. The molecule has 0 spiro atoms. The van der Waals surface area contributed by atoms with E-state index in [-0.39, 0.29) is 5.91 Å². The highest BCUT2D eigenvalue weighted by Crippen LogP contribution is 2.33. The number of rotatable bonds is 10. The number of hydrogen-bond donors (Lipinski definition) is 2. The molecule has 0 saturated heterocycles. The SMILES string of the molecule is COCCNC(=O)c1cc(NCc2c(C)cccc2C)c2c(c1)c(C)c(C)n2CCOC. The molecule has 0 atom stereocenters. The number of anilines is 1. The highest BCUT2D eigenvalue weighted by atomic mass is 16.5. The molecule has 0 aliphatic rings. The van der Waals surface area contributed by atoms with Gasteiger partial charge in [-0.05, 0) is 62.1 Å². The molecule has 0 fully saturated rings. The Morgan fingerprint density at radius 3 is 2.34 bits per heavy atom. The minimum atomic E-state index is -0.0965. The maximum atomic E-state index is 12.9. The third-order valence-electron chi connectivity index (χ3n) is 6.20. The van der Waals surface area contributed by atoms with Gasteiger partial charge in [-0.3, -0.25) is 4.79 Å². The predicted molar refractivity (Wildman–Crippen MR) is 131 cm³/mol. The highest BCUT2D eigenvalue weighted by molar-refractivity contribution is 6.04. The van der Waals surface area contributed by atoms with Crippen molar-refractivity contribution in [3.63, 3.8) is 0 Å². The summed E-state index contributed by atoms with van der Waals surface area (Å²) in [6.07, 6.45) is 0. The Balaban J connectivity index is 2.07. The molecule has 172 valence electrons. The Kier molecular flexibility index (Phi) is 7.94. The van der Waals surface area contributed by atoms with Gasteiger partial charge in [-0.25, -0.2) is 0 Å². The normalized spacial score (nSPS) is 11.2. The number of aryl methyl sites for hydroxylation is 3. The number of ether oxygens (including phenoxy) is 2. The van der Waals surface area contributed by atoms with Crippen molar-refractivity contribution in [1.29, 1.82) is 0 Å². The van der Waals surface area contributed by atoms with Crippen LogP contribution in [0.4, 0.5) is 5.69 Å². The summed E-state index contributed by atoms with van der Waals surface area (Å²) in [5.41, 5.74) is 8.85. The van der Waals surface area contributed by atoms with E-state index < -0.39 is 0 Å². The van der Waals surface area contributed by atoms with Gasteiger partial charge in [-0.15, -0.1) is 0 Å². The summed E-state index contributed by atoms with van der Waals surface area (Å²) in [6, 6.07) is 10.3. The molecular weight excluding hydrogens is 402 g/mol. The van der Waals surface area contributed by atoms with Gasteiger partial charge in [-0.1, -0.05) is 18.2 Å². The van der Waals surface area contributed by atoms with E-state index in [2.05, 4.69) is 61.1 Å². The molecule has 0 radical (unpaired) electrons. The molecule has 1 aromatic heterocycles. The predicted octanol–water partition coefficient (Wildman–Crippen LogP) is 4.51. The zero-order valence-electron chi connectivity index (χ0n) is 20.1. The summed E-state index contributed by atoms with van der Waals surface area (Å²) in [7, 11) is 3.35. The summed E-state index contributed by atoms with van der Waals surface area (Å²) in [5.74, 6) is -0.0965. The Labute approximate surface area is 190 Å². The molecule has 0 aliphatic heterocycles. The lowest BCUT2D eigenvalue weighted by Crippen LogP contribution is -2.27. The summed E-state index contributed by atoms with van der Waals surface area (Å²) >= 11 is 0. The average molecular weight is 438 g/mol. The lowest BCUT2D eigenvalue weighted by atomic mass is 10.0. The maximum absolute atomic E-state index is 12.9. The third-order valence-corrected chi connectivity index (χ3v) is 6.20. The largest absolute Gasteiger partial charge is 0.383 e. The quantitative estimate of drug-likeness (QED) is 0.458. The standard InChI is InChI=1S/C26H35N3O3/c1-17-8-7-9-18(2)23(17)16-28-24-15-21(26(30)27-10-12-31-5)14-22-19(3)20(4)29(25(22)24)11-13-32-6/h7-9,14-15,28H,10-13,16H2,1-6H3,(H,27,30). The smallest absolute Gasteiger partial charge is 0.251 e. The van der Waals surface area contributed by atoms with Gasteiger partial charge in [0.25, 0.3) is 5.91 Å². The number of carbonyl (C=O) groups excluding carboxylic acids is 1. The van der Waals surface area contributed by atoms with Crippen molar-refractivity contribution in [1.82, 2.24) is 9.88 Å². The van der Waals surface area contributed by atoms with E-state index >= 15 is 0 Å². The van der Waals surface area contributed by atoms with Crippen molar-refractivity contribution >= 4 is 22.5 Å². The minimum absolute atomic E-state index is 0.0965. The first-order valence-corrected chi connectivity index (χ1v) is 11.1. The van der Waals surface area contributed by atoms with E-state index in [1.165, 1.54) is 27.9 Å².